The van der Waals surface area contributed by atoms with Crippen LogP contribution < -0.4 is 10.5 Å². The fourth-order valence-electron chi connectivity index (χ4n) is 0.964. The van der Waals surface area contributed by atoms with Crippen molar-refractivity contribution in [1.82, 2.24) is 15.2 Å². The fraction of sp³-hybridized carbons (Fsp3) is 0.625. The molecule has 0 aliphatic heterocycles. The van der Waals surface area contributed by atoms with E-state index in [4.69, 9.17) is 5.73 Å². The van der Waals surface area contributed by atoms with E-state index >= 15 is 0 Å². The molecule has 0 unspecified atom stereocenters. The topological polar surface area (TPSA) is 111 Å². The van der Waals surface area contributed by atoms with E-state index in [9.17, 15) is 8.42 Å². The van der Waals surface area contributed by atoms with Crippen LogP contribution in [0.1, 0.15) is 17.8 Å². The molecule has 0 aromatic carbocycles. The third-order valence-electron chi connectivity index (χ3n) is 1.96. The smallest absolute Gasteiger partial charge is 0.256 e. The van der Waals surface area contributed by atoms with Crippen LogP contribution in [-0.2, 0) is 10.0 Å². The molecule has 0 bridgehead atoms. The number of nitrogens with two attached hydrogens (primary N) is 1. The summed E-state index contributed by atoms with van der Waals surface area (Å²) in [5.74, 6) is -0.0418. The average molecular weight is 245 g/mol. The summed E-state index contributed by atoms with van der Waals surface area (Å²) in [7, 11) is -3.42. The molecule has 0 saturated carbocycles. The van der Waals surface area contributed by atoms with Crippen molar-refractivity contribution in [2.45, 2.75) is 20.3 Å². The Labute approximate surface area is 94.5 Å². The van der Waals surface area contributed by atoms with Crippen LogP contribution in [0, 0.1) is 13.8 Å². The van der Waals surface area contributed by atoms with Crippen LogP contribution in [0.4, 0.5) is 5.95 Å². The highest BCUT2D eigenvalue weighted by molar-refractivity contribution is 7.92. The lowest BCUT2D eigenvalue weighted by Crippen LogP contribution is -2.21. The number of sulfonamides is 1. The van der Waals surface area contributed by atoms with Gasteiger partial charge in [-0.25, -0.2) is 18.1 Å². The van der Waals surface area contributed by atoms with Gasteiger partial charge >= 0.3 is 0 Å². The minimum absolute atomic E-state index is 0.000112. The van der Waals surface area contributed by atoms with E-state index in [-0.39, 0.29) is 11.7 Å². The Hall–Kier alpha value is -1.28. The van der Waals surface area contributed by atoms with Gasteiger partial charge in [-0.2, -0.15) is 5.10 Å². The van der Waals surface area contributed by atoms with Gasteiger partial charge in [0.25, 0.3) is 5.95 Å². The van der Waals surface area contributed by atoms with Crippen molar-refractivity contribution in [3.8, 4) is 0 Å². The second kappa shape index (κ2) is 5.17. The SMILES string of the molecule is Cc1nnc(NS(=O)(=O)CCCN)nc1C. The van der Waals surface area contributed by atoms with Crippen LogP contribution in [0.25, 0.3) is 0 Å². The first-order valence-corrected chi connectivity index (χ1v) is 6.48. The summed E-state index contributed by atoms with van der Waals surface area (Å²) in [6.45, 7) is 3.82. The minimum Gasteiger partial charge on any atom is -0.330 e. The highest BCUT2D eigenvalue weighted by atomic mass is 32.2. The maximum absolute atomic E-state index is 11.5. The molecule has 1 aromatic heterocycles. The molecule has 0 atom stereocenters. The highest BCUT2D eigenvalue weighted by Crippen LogP contribution is 2.04. The number of anilines is 1. The Balaban J connectivity index is 2.76. The van der Waals surface area contributed by atoms with E-state index in [0.717, 1.165) is 0 Å². The Kier molecular flexibility index (Phi) is 4.13. The molecule has 0 fully saturated rings. The van der Waals surface area contributed by atoms with Gasteiger partial charge in [0.1, 0.15) is 0 Å². The van der Waals surface area contributed by atoms with Crippen molar-refractivity contribution in [3.63, 3.8) is 0 Å². The van der Waals surface area contributed by atoms with E-state index in [1.54, 1.807) is 13.8 Å². The molecular formula is C8H15N5O2S. The van der Waals surface area contributed by atoms with Crippen molar-refractivity contribution in [1.29, 1.82) is 0 Å². The summed E-state index contributed by atoms with van der Waals surface area (Å²) in [6, 6.07) is 0. The molecule has 3 N–H and O–H groups in total. The van der Waals surface area contributed by atoms with E-state index in [1.165, 1.54) is 0 Å². The van der Waals surface area contributed by atoms with Crippen molar-refractivity contribution >= 4 is 16.0 Å². The molecule has 1 rings (SSSR count). The second-order valence-corrected chi connectivity index (χ2v) is 5.21. The lowest BCUT2D eigenvalue weighted by Gasteiger charge is -2.06. The molecule has 0 amide bonds. The van der Waals surface area contributed by atoms with E-state index in [2.05, 4.69) is 19.9 Å². The normalized spacial score (nSPS) is 11.4. The first kappa shape index (κ1) is 12.8. The molecule has 1 heterocycles. The highest BCUT2D eigenvalue weighted by Gasteiger charge is 2.12. The summed E-state index contributed by atoms with van der Waals surface area (Å²) in [4.78, 5) is 3.97. The largest absolute Gasteiger partial charge is 0.330 e. The molecule has 8 heteroatoms. The molecule has 0 spiro atoms. The zero-order chi connectivity index (χ0) is 12.2. The molecule has 7 nitrogen and oxygen atoms in total. The molecule has 90 valence electrons. The third kappa shape index (κ3) is 3.70. The van der Waals surface area contributed by atoms with Gasteiger partial charge in [0.05, 0.1) is 17.1 Å². The fourth-order valence-corrected chi connectivity index (χ4v) is 1.98. The first-order valence-electron chi connectivity index (χ1n) is 4.83. The van der Waals surface area contributed by atoms with Gasteiger partial charge in [0.2, 0.25) is 10.0 Å². The number of hydrogen-bond acceptors (Lipinski definition) is 6. The van der Waals surface area contributed by atoms with E-state index < -0.39 is 10.0 Å². The Morgan fingerprint density at radius 2 is 1.94 bits per heavy atom. The Bertz CT molecular complexity index is 459. The Morgan fingerprint density at radius 3 is 2.50 bits per heavy atom. The lowest BCUT2D eigenvalue weighted by molar-refractivity contribution is 0.598. The van der Waals surface area contributed by atoms with Crippen LogP contribution in [-0.4, -0.2) is 35.9 Å². The zero-order valence-electron chi connectivity index (χ0n) is 9.27. The van der Waals surface area contributed by atoms with Gasteiger partial charge < -0.3 is 5.73 Å². The number of aromatic nitrogens is 3. The summed E-state index contributed by atoms with van der Waals surface area (Å²) in [5.41, 5.74) is 6.55. The quantitative estimate of drug-likeness (QED) is 0.728. The average Bonchev–Trinajstić information content (AvgIpc) is 2.20. The van der Waals surface area contributed by atoms with Crippen molar-refractivity contribution in [3.05, 3.63) is 11.4 Å². The molecule has 0 radical (unpaired) electrons. The third-order valence-corrected chi connectivity index (χ3v) is 3.28. The van der Waals surface area contributed by atoms with Crippen LogP contribution in [0.15, 0.2) is 0 Å². The molecule has 16 heavy (non-hydrogen) atoms. The number of nitrogens with zero attached hydrogens (tertiary/aromatic N) is 3. The lowest BCUT2D eigenvalue weighted by atomic mass is 10.4. The molecular weight excluding hydrogens is 230 g/mol. The Morgan fingerprint density at radius 1 is 1.25 bits per heavy atom. The van der Waals surface area contributed by atoms with Crippen LogP contribution in [0.2, 0.25) is 0 Å². The predicted octanol–water partition coefficient (Wildman–Crippen LogP) is -0.421. The maximum atomic E-state index is 11.5. The maximum Gasteiger partial charge on any atom is 0.256 e. The second-order valence-electron chi connectivity index (χ2n) is 3.37. The molecule has 0 saturated heterocycles. The molecule has 1 aromatic rings. The number of aryl methyl sites for hydroxylation is 2. The summed E-state index contributed by atoms with van der Waals surface area (Å²) < 4.78 is 25.2. The standard InChI is InChI=1S/C8H15N5O2S/c1-6-7(2)11-12-8(10-6)13-16(14,15)5-3-4-9/h3-5,9H2,1-2H3,(H,10,12,13). The van der Waals surface area contributed by atoms with Crippen molar-refractivity contribution in [2.75, 3.05) is 17.0 Å². The van der Waals surface area contributed by atoms with Crippen LogP contribution >= 0.6 is 0 Å². The van der Waals surface area contributed by atoms with Crippen LogP contribution in [0.3, 0.4) is 0 Å². The van der Waals surface area contributed by atoms with Gasteiger partial charge in [0.15, 0.2) is 0 Å². The van der Waals surface area contributed by atoms with Gasteiger partial charge in [-0.15, -0.1) is 5.10 Å². The van der Waals surface area contributed by atoms with E-state index in [1.807, 2.05) is 0 Å². The molecule has 0 aliphatic rings. The number of rotatable bonds is 5. The van der Waals surface area contributed by atoms with Gasteiger partial charge in [-0.3, -0.25) is 0 Å². The molecule has 0 aliphatic carbocycles. The number of nitrogens with one attached hydrogen (secondary N) is 1. The minimum atomic E-state index is -3.42. The predicted molar refractivity (Wildman–Crippen MR) is 60.4 cm³/mol. The monoisotopic (exact) mass is 245 g/mol. The van der Waals surface area contributed by atoms with Crippen molar-refractivity contribution in [2.24, 2.45) is 5.73 Å². The number of hydrogen-bond donors (Lipinski definition) is 2. The van der Waals surface area contributed by atoms with Crippen LogP contribution in [0.5, 0.6) is 0 Å². The van der Waals surface area contributed by atoms with Gasteiger partial charge in [0, 0.05) is 0 Å². The summed E-state index contributed by atoms with van der Waals surface area (Å²) in [6.07, 6.45) is 0.396. The van der Waals surface area contributed by atoms with Gasteiger partial charge in [-0.1, -0.05) is 0 Å². The summed E-state index contributed by atoms with van der Waals surface area (Å²) >= 11 is 0. The van der Waals surface area contributed by atoms with Crippen molar-refractivity contribution < 1.29 is 8.42 Å². The van der Waals surface area contributed by atoms with E-state index in [0.29, 0.717) is 24.4 Å². The zero-order valence-corrected chi connectivity index (χ0v) is 10.1. The van der Waals surface area contributed by atoms with Gasteiger partial charge in [-0.05, 0) is 26.8 Å². The first-order chi connectivity index (χ1) is 7.44. The summed E-state index contributed by atoms with van der Waals surface area (Å²) in [5, 5.41) is 7.43.